The van der Waals surface area contributed by atoms with Crippen molar-refractivity contribution in [3.63, 3.8) is 0 Å². The number of carbonyl (C=O) groups excluding carboxylic acids is 3. The molecular weight excluding hydrogens is 494 g/mol. The van der Waals surface area contributed by atoms with E-state index in [1.807, 2.05) is 19.9 Å². The molecule has 6 atom stereocenters. The second-order valence-electron chi connectivity index (χ2n) is 15.6. The predicted molar refractivity (Wildman–Crippen MR) is 153 cm³/mol. The normalized spacial score (nSPS) is 38.5. The van der Waals surface area contributed by atoms with Gasteiger partial charge in [0.25, 0.3) is 0 Å². The number of Topliss-reactive ketones (excluding diaryl/α,β-unsaturated/α-hetero) is 2. The molecule has 2 fully saturated rings. The molecule has 212 valence electrons. The first-order chi connectivity index (χ1) is 17.2. The van der Waals surface area contributed by atoms with Crippen molar-refractivity contribution in [2.75, 3.05) is 0 Å². The van der Waals surface area contributed by atoms with Crippen LogP contribution in [0.25, 0.3) is 0 Å². The van der Waals surface area contributed by atoms with E-state index in [1.54, 1.807) is 6.92 Å². The minimum Gasteiger partial charge on any atom is -0.300 e. The summed E-state index contributed by atoms with van der Waals surface area (Å²) in [5, 5.41) is 9.67. The Labute approximate surface area is 236 Å². The number of hydrogen-bond acceptors (Lipinski definition) is 4. The molecule has 0 saturated heterocycles. The fourth-order valence-electron chi connectivity index (χ4n) is 9.22. The van der Waals surface area contributed by atoms with Gasteiger partial charge in [-0.05, 0) is 103 Å². The number of allylic oxidation sites excluding steroid dienone is 2. The summed E-state index contributed by atoms with van der Waals surface area (Å²) in [6.45, 7) is 21.4. The van der Waals surface area contributed by atoms with Gasteiger partial charge in [-0.25, -0.2) is 0 Å². The molecule has 4 nitrogen and oxygen atoms in total. The Kier molecular flexibility index (Phi) is 8.06. The molecule has 1 unspecified atom stereocenters. The monoisotopic (exact) mass is 543 g/mol. The first-order valence-electron chi connectivity index (χ1n) is 14.6. The van der Waals surface area contributed by atoms with E-state index in [4.69, 9.17) is 11.6 Å². The van der Waals surface area contributed by atoms with Gasteiger partial charge < -0.3 is 4.79 Å². The van der Waals surface area contributed by atoms with E-state index in [1.165, 1.54) is 0 Å². The number of ketones is 2. The number of hydrogen-bond donors (Lipinski definition) is 0. The summed E-state index contributed by atoms with van der Waals surface area (Å²) >= 11 is 6.38. The first-order valence-corrected chi connectivity index (χ1v) is 15.0. The Balaban J connectivity index is 2.04. The van der Waals surface area contributed by atoms with Gasteiger partial charge >= 0.3 is 0 Å². The van der Waals surface area contributed by atoms with Gasteiger partial charge in [-0.1, -0.05) is 68.4 Å². The van der Waals surface area contributed by atoms with Crippen LogP contribution in [0.1, 0.15) is 121 Å². The van der Waals surface area contributed by atoms with Gasteiger partial charge in [-0.2, -0.15) is 5.26 Å². The minimum atomic E-state index is -0.658. The summed E-state index contributed by atoms with van der Waals surface area (Å²) in [5.74, 6) is 0.304. The summed E-state index contributed by atoms with van der Waals surface area (Å²) in [4.78, 5) is 39.0. The molecule has 0 radical (unpaired) electrons. The molecule has 38 heavy (non-hydrogen) atoms. The highest BCUT2D eigenvalue weighted by Crippen LogP contribution is 2.68. The molecule has 5 heteroatoms. The Morgan fingerprint density at radius 1 is 1.11 bits per heavy atom. The van der Waals surface area contributed by atoms with Crippen LogP contribution in [0.15, 0.2) is 11.6 Å². The molecule has 0 N–H and O–H groups in total. The summed E-state index contributed by atoms with van der Waals surface area (Å²) in [5.41, 5.74) is -1.62. The van der Waals surface area contributed by atoms with Crippen LogP contribution >= 0.6 is 11.6 Å². The van der Waals surface area contributed by atoms with Crippen molar-refractivity contribution in [1.82, 2.24) is 0 Å². The van der Waals surface area contributed by atoms with E-state index in [9.17, 15) is 19.6 Å². The third kappa shape index (κ3) is 4.84. The van der Waals surface area contributed by atoms with Crippen molar-refractivity contribution in [2.24, 2.45) is 50.2 Å². The van der Waals surface area contributed by atoms with Crippen LogP contribution in [0, 0.1) is 61.6 Å². The van der Waals surface area contributed by atoms with Crippen molar-refractivity contribution in [1.29, 1.82) is 5.26 Å². The molecule has 3 aliphatic rings. The lowest BCUT2D eigenvalue weighted by Crippen LogP contribution is -2.60. The topological polar surface area (TPSA) is 75.0 Å². The SMILES string of the molecule is CC(=O)C[C@@H]1[C@@]2(C)C=C(C#N)C(=O)C(C)(C)[C@@H]2CC[C@@]1(C)C(C)(C)CC[C@@]1(C(=O)Cl)CCC(C)(C)CC1C. The quantitative estimate of drug-likeness (QED) is 0.302. The van der Waals surface area contributed by atoms with Gasteiger partial charge in [0, 0.05) is 17.3 Å². The van der Waals surface area contributed by atoms with Crippen molar-refractivity contribution in [3.8, 4) is 6.07 Å². The maximum atomic E-state index is 13.2. The van der Waals surface area contributed by atoms with Crippen molar-refractivity contribution in [3.05, 3.63) is 11.6 Å². The van der Waals surface area contributed by atoms with E-state index in [2.05, 4.69) is 54.5 Å². The average molecular weight is 544 g/mol. The van der Waals surface area contributed by atoms with Gasteiger partial charge in [0.1, 0.15) is 11.9 Å². The Hall–Kier alpha value is -1.47. The molecular formula is C33H50ClNO3. The van der Waals surface area contributed by atoms with Crippen molar-refractivity contribution in [2.45, 2.75) is 121 Å². The second-order valence-corrected chi connectivity index (χ2v) is 16.0. The standard InChI is InChI=1S/C33H50ClNO3/c1-21-18-28(3,4)13-15-33(21,27(34)38)16-14-29(5,6)32(10)12-11-24-30(7,8)26(37)23(20-35)19-31(24,9)25(32)17-22(2)36/h19,21,24-25H,11-18H2,1-10H3/t21?,24-,25+,31-,32+,33-/m0/s1. The molecule has 0 aromatic heterocycles. The molecule has 3 rings (SSSR count). The van der Waals surface area contributed by atoms with E-state index in [0.717, 1.165) is 44.9 Å². The van der Waals surface area contributed by atoms with Gasteiger partial charge in [0.2, 0.25) is 5.24 Å². The van der Waals surface area contributed by atoms with Gasteiger partial charge in [0.15, 0.2) is 5.78 Å². The van der Waals surface area contributed by atoms with E-state index in [-0.39, 0.29) is 56.4 Å². The summed E-state index contributed by atoms with van der Waals surface area (Å²) in [6, 6.07) is 2.18. The number of rotatable bonds is 7. The summed E-state index contributed by atoms with van der Waals surface area (Å²) in [7, 11) is 0. The maximum absolute atomic E-state index is 13.2. The lowest BCUT2D eigenvalue weighted by Gasteiger charge is -2.64. The van der Waals surface area contributed by atoms with Crippen molar-refractivity contribution >= 4 is 28.4 Å². The van der Waals surface area contributed by atoms with Gasteiger partial charge in [0.05, 0.1) is 5.57 Å². The van der Waals surface area contributed by atoms with Crippen molar-refractivity contribution < 1.29 is 14.4 Å². The zero-order chi connectivity index (χ0) is 29.1. The van der Waals surface area contributed by atoms with Crippen LogP contribution in [0.3, 0.4) is 0 Å². The lowest BCUT2D eigenvalue weighted by molar-refractivity contribution is -0.156. The lowest BCUT2D eigenvalue weighted by atomic mass is 9.39. The van der Waals surface area contributed by atoms with E-state index < -0.39 is 16.2 Å². The van der Waals surface area contributed by atoms with Crippen LogP contribution in [-0.2, 0) is 14.4 Å². The first kappa shape index (κ1) is 31.1. The summed E-state index contributed by atoms with van der Waals surface area (Å²) < 4.78 is 0. The fourth-order valence-corrected chi connectivity index (χ4v) is 9.60. The van der Waals surface area contributed by atoms with E-state index >= 15 is 0 Å². The Morgan fingerprint density at radius 3 is 2.21 bits per heavy atom. The average Bonchev–Trinajstić information content (AvgIpc) is 2.77. The number of nitriles is 1. The molecule has 0 aliphatic heterocycles. The molecule has 0 amide bonds. The van der Waals surface area contributed by atoms with Crippen LogP contribution in [0.5, 0.6) is 0 Å². The van der Waals surface area contributed by atoms with Crippen LogP contribution in [-0.4, -0.2) is 16.8 Å². The highest BCUT2D eigenvalue weighted by atomic mass is 35.5. The zero-order valence-electron chi connectivity index (χ0n) is 25.5. The number of carbonyl (C=O) groups is 3. The summed E-state index contributed by atoms with van der Waals surface area (Å²) in [6.07, 6.45) is 8.46. The third-order valence-corrected chi connectivity index (χ3v) is 12.6. The van der Waals surface area contributed by atoms with Crippen LogP contribution < -0.4 is 0 Å². The second kappa shape index (κ2) is 9.87. The Morgan fingerprint density at radius 2 is 1.71 bits per heavy atom. The Bertz CT molecular complexity index is 1080. The van der Waals surface area contributed by atoms with Gasteiger partial charge in [-0.3, -0.25) is 9.59 Å². The minimum absolute atomic E-state index is 0.0256. The number of halogens is 1. The van der Waals surface area contributed by atoms with Crippen LogP contribution in [0.4, 0.5) is 0 Å². The smallest absolute Gasteiger partial charge is 0.228 e. The predicted octanol–water partition coefficient (Wildman–Crippen LogP) is 8.47. The molecule has 0 aromatic rings. The van der Waals surface area contributed by atoms with Crippen LogP contribution in [0.2, 0.25) is 0 Å². The number of fused-ring (bicyclic) bond motifs is 1. The molecule has 0 spiro atoms. The zero-order valence-corrected chi connectivity index (χ0v) is 26.3. The molecule has 0 bridgehead atoms. The van der Waals surface area contributed by atoms with Gasteiger partial charge in [-0.15, -0.1) is 0 Å². The molecule has 3 aliphatic carbocycles. The third-order valence-electron chi connectivity index (χ3n) is 12.2. The molecule has 2 saturated carbocycles. The molecule has 0 heterocycles. The fraction of sp³-hybridized carbons (Fsp3) is 0.818. The molecule has 0 aromatic carbocycles. The highest BCUT2D eigenvalue weighted by Gasteiger charge is 2.63. The highest BCUT2D eigenvalue weighted by molar-refractivity contribution is 6.64. The number of nitrogens with zero attached hydrogens (tertiary/aromatic N) is 1. The maximum Gasteiger partial charge on any atom is 0.228 e. The van der Waals surface area contributed by atoms with E-state index in [0.29, 0.717) is 6.42 Å². The largest absolute Gasteiger partial charge is 0.300 e.